The summed E-state index contributed by atoms with van der Waals surface area (Å²) >= 11 is 0. The highest BCUT2D eigenvalue weighted by Crippen LogP contribution is 2.43. The first kappa shape index (κ1) is 32.0. The van der Waals surface area contributed by atoms with E-state index in [1.165, 1.54) is 39.4 Å². The summed E-state index contributed by atoms with van der Waals surface area (Å²) in [5, 5.41) is 18.8. The number of hydrogen-bond donors (Lipinski definition) is 2. The lowest BCUT2D eigenvalue weighted by Gasteiger charge is -2.27. The maximum absolute atomic E-state index is 12.0. The molecule has 1 fully saturated rings. The third kappa shape index (κ3) is 8.27. The van der Waals surface area contributed by atoms with Gasteiger partial charge in [-0.2, -0.15) is 13.2 Å². The van der Waals surface area contributed by atoms with Crippen molar-refractivity contribution in [3.63, 3.8) is 0 Å². The predicted octanol–water partition coefficient (Wildman–Crippen LogP) is 5.34. The maximum atomic E-state index is 12.0. The molecular weight excluding hydrogens is 559 g/mol. The van der Waals surface area contributed by atoms with E-state index in [1.807, 2.05) is 0 Å². The Hall–Kier alpha value is -4.48. The van der Waals surface area contributed by atoms with Gasteiger partial charge in [0.25, 0.3) is 0 Å². The van der Waals surface area contributed by atoms with Gasteiger partial charge < -0.3 is 29.3 Å². The van der Waals surface area contributed by atoms with Gasteiger partial charge in [-0.05, 0) is 61.2 Å². The Labute approximate surface area is 240 Å². The van der Waals surface area contributed by atoms with Gasteiger partial charge in [0.1, 0.15) is 17.2 Å². The molecule has 9 nitrogen and oxygen atoms in total. The van der Waals surface area contributed by atoms with Gasteiger partial charge in [0, 0.05) is 25.1 Å². The van der Waals surface area contributed by atoms with Crippen LogP contribution in [-0.2, 0) is 20.9 Å². The van der Waals surface area contributed by atoms with E-state index in [0.717, 1.165) is 18.5 Å². The molecule has 1 atom stereocenters. The topological polar surface area (TPSA) is 123 Å². The molecule has 1 amide bonds. The van der Waals surface area contributed by atoms with Crippen molar-refractivity contribution in [1.82, 2.24) is 4.90 Å². The number of nitrogens with zero attached hydrogens (tertiary/aromatic N) is 1. The van der Waals surface area contributed by atoms with Crippen LogP contribution in [0.3, 0.4) is 0 Å². The first-order valence-corrected chi connectivity index (χ1v) is 12.9. The smallest absolute Gasteiger partial charge is 0.422 e. The highest BCUT2D eigenvalue weighted by atomic mass is 19.4. The van der Waals surface area contributed by atoms with Gasteiger partial charge in [-0.1, -0.05) is 24.3 Å². The molecule has 1 heterocycles. The molecule has 4 rings (SSSR count). The number of amides is 1. The van der Waals surface area contributed by atoms with Gasteiger partial charge in [-0.25, -0.2) is 4.79 Å². The summed E-state index contributed by atoms with van der Waals surface area (Å²) in [5.41, 5.74) is 0.579. The zero-order valence-electron chi connectivity index (χ0n) is 23.4. The molecule has 2 aromatic carbocycles. The summed E-state index contributed by atoms with van der Waals surface area (Å²) < 4.78 is 51.1. The SMILES string of the molecule is COc1cccc(OC)c1C1=CC(C)(C(=O)O)CC(C(=O)O)=C1.O=C1CCCN1Cc1ccc(OCC(F)(F)F)cc1. The Morgan fingerprint density at radius 1 is 1.02 bits per heavy atom. The highest BCUT2D eigenvalue weighted by Gasteiger charge is 2.37. The molecule has 0 radical (unpaired) electrons. The monoisotopic (exact) mass is 591 g/mol. The second kappa shape index (κ2) is 13.5. The molecule has 42 heavy (non-hydrogen) atoms. The van der Waals surface area contributed by atoms with Crippen LogP contribution < -0.4 is 14.2 Å². The van der Waals surface area contributed by atoms with Crippen LogP contribution >= 0.6 is 0 Å². The van der Waals surface area contributed by atoms with E-state index in [4.69, 9.17) is 9.47 Å². The van der Waals surface area contributed by atoms with E-state index in [2.05, 4.69) is 4.74 Å². The maximum Gasteiger partial charge on any atom is 0.422 e. The second-order valence-corrected chi connectivity index (χ2v) is 9.98. The first-order valence-electron chi connectivity index (χ1n) is 12.9. The minimum atomic E-state index is -4.33. The Bertz CT molecular complexity index is 1350. The van der Waals surface area contributed by atoms with E-state index in [9.17, 15) is 37.8 Å². The van der Waals surface area contributed by atoms with E-state index < -0.39 is 30.1 Å². The van der Waals surface area contributed by atoms with Crippen LogP contribution in [0.5, 0.6) is 17.2 Å². The first-order chi connectivity index (χ1) is 19.8. The summed E-state index contributed by atoms with van der Waals surface area (Å²) in [5.74, 6) is -0.976. The number of methoxy groups -OCH3 is 2. The zero-order valence-corrected chi connectivity index (χ0v) is 23.4. The van der Waals surface area contributed by atoms with Crippen molar-refractivity contribution in [2.24, 2.45) is 5.41 Å². The van der Waals surface area contributed by atoms with Crippen LogP contribution in [0.15, 0.2) is 60.2 Å². The fourth-order valence-corrected chi connectivity index (χ4v) is 4.57. The third-order valence-electron chi connectivity index (χ3n) is 6.71. The molecule has 2 aliphatic rings. The van der Waals surface area contributed by atoms with Crippen molar-refractivity contribution >= 4 is 23.4 Å². The molecular formula is C30H32F3NO8. The number of benzene rings is 2. The van der Waals surface area contributed by atoms with Gasteiger partial charge >= 0.3 is 18.1 Å². The Balaban J connectivity index is 0.000000235. The van der Waals surface area contributed by atoms with Gasteiger partial charge in [-0.15, -0.1) is 0 Å². The molecule has 226 valence electrons. The summed E-state index contributed by atoms with van der Waals surface area (Å²) in [4.78, 5) is 36.2. The van der Waals surface area contributed by atoms with Crippen molar-refractivity contribution in [3.05, 3.63) is 71.3 Å². The van der Waals surface area contributed by atoms with Crippen molar-refractivity contribution in [2.45, 2.75) is 38.9 Å². The lowest BCUT2D eigenvalue weighted by molar-refractivity contribution is -0.153. The van der Waals surface area contributed by atoms with Gasteiger partial charge in [0.15, 0.2) is 6.61 Å². The molecule has 1 aliphatic heterocycles. The zero-order chi connectivity index (χ0) is 31.1. The van der Waals surface area contributed by atoms with Crippen molar-refractivity contribution in [1.29, 1.82) is 0 Å². The number of rotatable bonds is 9. The summed E-state index contributed by atoms with van der Waals surface area (Å²) in [6.45, 7) is 1.44. The van der Waals surface area contributed by atoms with E-state index in [-0.39, 0.29) is 23.7 Å². The van der Waals surface area contributed by atoms with Gasteiger partial charge in [-0.3, -0.25) is 9.59 Å². The lowest BCUT2D eigenvalue weighted by Crippen LogP contribution is -2.29. The predicted molar refractivity (Wildman–Crippen MR) is 146 cm³/mol. The molecule has 2 N–H and O–H groups in total. The summed E-state index contributed by atoms with van der Waals surface area (Å²) in [7, 11) is 2.97. The number of aliphatic carboxylic acids is 2. The number of alkyl halides is 3. The Morgan fingerprint density at radius 3 is 2.12 bits per heavy atom. The van der Waals surface area contributed by atoms with Crippen LogP contribution in [0.2, 0.25) is 0 Å². The van der Waals surface area contributed by atoms with Crippen molar-refractivity contribution < 1.29 is 52.0 Å². The number of likely N-dealkylation sites (tertiary alicyclic amines) is 1. The Morgan fingerprint density at radius 2 is 1.64 bits per heavy atom. The van der Waals surface area contributed by atoms with Crippen LogP contribution in [0.4, 0.5) is 13.2 Å². The fourth-order valence-electron chi connectivity index (χ4n) is 4.57. The number of ether oxygens (including phenoxy) is 3. The number of halogens is 3. The quantitative estimate of drug-likeness (QED) is 0.401. The molecule has 0 bridgehead atoms. The van der Waals surface area contributed by atoms with Crippen LogP contribution in [-0.4, -0.2) is 66.5 Å². The van der Waals surface area contributed by atoms with E-state index in [0.29, 0.717) is 35.6 Å². The second-order valence-electron chi connectivity index (χ2n) is 9.98. The molecule has 0 saturated carbocycles. The molecule has 0 aromatic heterocycles. The third-order valence-corrected chi connectivity index (χ3v) is 6.71. The molecule has 1 aliphatic carbocycles. The average Bonchev–Trinajstić information content (AvgIpc) is 3.35. The van der Waals surface area contributed by atoms with Crippen molar-refractivity contribution in [3.8, 4) is 17.2 Å². The van der Waals surface area contributed by atoms with Crippen LogP contribution in [0.1, 0.15) is 37.3 Å². The average molecular weight is 592 g/mol. The lowest BCUT2D eigenvalue weighted by atomic mass is 9.76. The Kier molecular flexibility index (Phi) is 10.3. The molecule has 12 heteroatoms. The highest BCUT2D eigenvalue weighted by molar-refractivity contribution is 5.97. The normalized spacial score (nSPS) is 18.3. The number of carboxylic acid groups (broad SMARTS) is 2. The standard InChI is InChI=1S/C17H18O6.C13H14F3NO2/c1-17(16(20)21)8-10(7-11(9-17)15(18)19)14-12(22-2)5-4-6-13(14)23-3;14-13(15,16)9-19-11-5-3-10(4-6-11)8-17-7-1-2-12(17)18/h4-8H,9H2,1-3H3,(H,18,19)(H,20,21);3-6H,1-2,7-9H2. The van der Waals surface area contributed by atoms with Gasteiger partial charge in [0.2, 0.25) is 5.91 Å². The fraction of sp³-hybridized carbons (Fsp3) is 0.367. The summed E-state index contributed by atoms with van der Waals surface area (Å²) in [6, 6.07) is 11.5. The molecule has 1 unspecified atom stereocenters. The minimum absolute atomic E-state index is 0.0281. The number of carbonyl (C=O) groups excluding carboxylic acids is 1. The minimum Gasteiger partial charge on any atom is -0.496 e. The van der Waals surface area contributed by atoms with Crippen LogP contribution in [0, 0.1) is 5.41 Å². The summed E-state index contributed by atoms with van der Waals surface area (Å²) in [6.07, 6.45) is 0.0349. The molecule has 0 spiro atoms. The van der Waals surface area contributed by atoms with Crippen molar-refractivity contribution in [2.75, 3.05) is 27.4 Å². The molecule has 2 aromatic rings. The number of hydrogen-bond acceptors (Lipinski definition) is 6. The number of allylic oxidation sites excluding steroid dienone is 2. The van der Waals surface area contributed by atoms with E-state index in [1.54, 1.807) is 41.3 Å². The molecule has 1 saturated heterocycles. The van der Waals surface area contributed by atoms with E-state index >= 15 is 0 Å². The number of carboxylic acids is 2. The van der Waals surface area contributed by atoms with Gasteiger partial charge in [0.05, 0.1) is 25.2 Å². The largest absolute Gasteiger partial charge is 0.496 e. The number of carbonyl (C=O) groups is 3. The van der Waals surface area contributed by atoms with Crippen LogP contribution in [0.25, 0.3) is 5.57 Å².